The molecule has 2 nitrogen and oxygen atoms in total. The van der Waals surface area contributed by atoms with Crippen molar-refractivity contribution in [3.8, 4) is 0 Å². The Morgan fingerprint density at radius 3 is 3.10 bits per heavy atom. The van der Waals surface area contributed by atoms with Crippen LogP contribution in [-0.2, 0) is 0 Å². The van der Waals surface area contributed by atoms with Gasteiger partial charge in [0.15, 0.2) is 0 Å². The van der Waals surface area contributed by atoms with Crippen LogP contribution in [0.1, 0.15) is 20.3 Å². The Balaban J connectivity index is 2.22. The zero-order valence-electron chi connectivity index (χ0n) is 6.35. The van der Waals surface area contributed by atoms with Crippen LogP contribution in [0.2, 0.25) is 0 Å². The van der Waals surface area contributed by atoms with Crippen molar-refractivity contribution in [1.82, 2.24) is 9.03 Å². The number of fused-ring (bicyclic) bond motifs is 1. The van der Waals surface area contributed by atoms with Crippen molar-refractivity contribution in [1.29, 1.82) is 0 Å². The molecule has 0 radical (unpaired) electrons. The average molecular weight is 156 g/mol. The minimum absolute atomic E-state index is 0.741. The molecule has 2 aliphatic heterocycles. The summed E-state index contributed by atoms with van der Waals surface area (Å²) in [4.78, 5) is 0. The maximum absolute atomic E-state index is 3.28. The van der Waals surface area contributed by atoms with Gasteiger partial charge in [0, 0.05) is 24.4 Å². The van der Waals surface area contributed by atoms with Crippen molar-refractivity contribution in [3.63, 3.8) is 0 Å². The molecule has 0 bridgehead atoms. The first kappa shape index (κ1) is 6.55. The van der Waals surface area contributed by atoms with Crippen LogP contribution in [0.3, 0.4) is 0 Å². The summed E-state index contributed by atoms with van der Waals surface area (Å²) >= 11 is 1.75. The van der Waals surface area contributed by atoms with E-state index >= 15 is 0 Å². The molecule has 0 aliphatic carbocycles. The van der Waals surface area contributed by atoms with Gasteiger partial charge in [-0.3, -0.25) is 0 Å². The minimum Gasteiger partial charge on any atom is -0.303 e. The number of hydrogen-bond donors (Lipinski definition) is 1. The van der Waals surface area contributed by atoms with Crippen LogP contribution in [0.4, 0.5) is 0 Å². The lowest BCUT2D eigenvalue weighted by Gasteiger charge is -2.15. The fourth-order valence-electron chi connectivity index (χ4n) is 1.55. The Hall–Kier alpha value is -0.150. The van der Waals surface area contributed by atoms with Gasteiger partial charge in [0.05, 0.1) is 6.04 Å². The highest BCUT2D eigenvalue weighted by molar-refractivity contribution is 7.95. The van der Waals surface area contributed by atoms with E-state index in [1.54, 1.807) is 17.7 Å². The normalized spacial score (nSPS) is 31.8. The summed E-state index contributed by atoms with van der Waals surface area (Å²) in [7, 11) is 0. The predicted octanol–water partition coefficient (Wildman–Crippen LogP) is 1.52. The molecule has 0 aromatic carbocycles. The molecule has 1 unspecified atom stereocenters. The van der Waals surface area contributed by atoms with E-state index in [0.717, 1.165) is 12.6 Å². The van der Waals surface area contributed by atoms with Gasteiger partial charge in [0.1, 0.15) is 0 Å². The highest BCUT2D eigenvalue weighted by Crippen LogP contribution is 2.35. The summed E-state index contributed by atoms with van der Waals surface area (Å²) in [6.07, 6.45) is 1.26. The van der Waals surface area contributed by atoms with Crippen molar-refractivity contribution >= 4 is 12.1 Å². The molecule has 3 heteroatoms. The second-order valence-electron chi connectivity index (χ2n) is 2.99. The van der Waals surface area contributed by atoms with Crippen molar-refractivity contribution in [2.45, 2.75) is 26.3 Å². The van der Waals surface area contributed by atoms with Crippen LogP contribution < -0.4 is 4.72 Å². The largest absolute Gasteiger partial charge is 0.303 e. The van der Waals surface area contributed by atoms with Gasteiger partial charge in [-0.15, -0.1) is 0 Å². The van der Waals surface area contributed by atoms with Gasteiger partial charge >= 0.3 is 0 Å². The topological polar surface area (TPSA) is 15.3 Å². The van der Waals surface area contributed by atoms with E-state index in [4.69, 9.17) is 0 Å². The van der Waals surface area contributed by atoms with Gasteiger partial charge in [0.25, 0.3) is 0 Å². The molecule has 2 heterocycles. The van der Waals surface area contributed by atoms with Gasteiger partial charge in [0.2, 0.25) is 0 Å². The zero-order chi connectivity index (χ0) is 7.14. The van der Waals surface area contributed by atoms with Crippen LogP contribution >= 0.6 is 12.1 Å². The Labute approximate surface area is 65.9 Å². The van der Waals surface area contributed by atoms with Gasteiger partial charge in [-0.2, -0.15) is 0 Å². The molecular formula is C7H12N2S. The van der Waals surface area contributed by atoms with Crippen LogP contribution in [-0.4, -0.2) is 16.9 Å². The minimum atomic E-state index is 0.741. The quantitative estimate of drug-likeness (QED) is 0.535. The van der Waals surface area contributed by atoms with E-state index in [1.807, 2.05) is 0 Å². The van der Waals surface area contributed by atoms with Crippen LogP contribution in [0.5, 0.6) is 0 Å². The fraction of sp³-hybridized carbons (Fsp3) is 0.714. The number of hydrogen-bond acceptors (Lipinski definition) is 3. The first-order valence-corrected chi connectivity index (χ1v) is 4.42. The summed E-state index contributed by atoms with van der Waals surface area (Å²) in [5, 5.41) is 0. The number of rotatable bonds is 0. The first-order chi connectivity index (χ1) is 4.79. The van der Waals surface area contributed by atoms with E-state index in [2.05, 4.69) is 22.9 Å². The molecular weight excluding hydrogens is 144 g/mol. The third kappa shape index (κ3) is 0.772. The standard InChI is InChI=1S/C7H12N2S/c1-5-3-7-4-8-10-9(7)6(5)2/h7-8H,3-4H2,1-2H3. The summed E-state index contributed by atoms with van der Waals surface area (Å²) < 4.78 is 5.67. The van der Waals surface area contributed by atoms with Crippen molar-refractivity contribution in [2.75, 3.05) is 6.54 Å². The van der Waals surface area contributed by atoms with E-state index in [0.29, 0.717) is 0 Å². The predicted molar refractivity (Wildman–Crippen MR) is 44.2 cm³/mol. The van der Waals surface area contributed by atoms with E-state index in [1.165, 1.54) is 12.1 Å². The summed E-state index contributed by atoms with van der Waals surface area (Å²) in [5.41, 5.74) is 3.01. The lowest BCUT2D eigenvalue weighted by molar-refractivity contribution is 0.488. The molecule has 10 heavy (non-hydrogen) atoms. The lowest BCUT2D eigenvalue weighted by Crippen LogP contribution is -2.19. The van der Waals surface area contributed by atoms with E-state index in [9.17, 15) is 0 Å². The highest BCUT2D eigenvalue weighted by Gasteiger charge is 2.31. The maximum atomic E-state index is 3.28. The molecule has 1 N–H and O–H groups in total. The molecule has 2 aliphatic rings. The van der Waals surface area contributed by atoms with Gasteiger partial charge in [-0.25, -0.2) is 4.72 Å². The molecule has 56 valence electrons. The second-order valence-corrected chi connectivity index (χ2v) is 3.85. The van der Waals surface area contributed by atoms with Gasteiger partial charge < -0.3 is 4.31 Å². The molecule has 1 saturated heterocycles. The maximum Gasteiger partial charge on any atom is 0.0587 e. The Morgan fingerprint density at radius 2 is 2.40 bits per heavy atom. The van der Waals surface area contributed by atoms with Crippen molar-refractivity contribution in [3.05, 3.63) is 11.3 Å². The Morgan fingerprint density at radius 1 is 1.60 bits per heavy atom. The van der Waals surface area contributed by atoms with Gasteiger partial charge in [-0.05, 0) is 20.3 Å². The molecule has 0 spiro atoms. The van der Waals surface area contributed by atoms with Crippen molar-refractivity contribution in [2.24, 2.45) is 0 Å². The Kier molecular flexibility index (Phi) is 1.42. The Bertz CT molecular complexity index is 188. The molecule has 0 aromatic rings. The lowest BCUT2D eigenvalue weighted by atomic mass is 10.1. The van der Waals surface area contributed by atoms with E-state index in [-0.39, 0.29) is 0 Å². The highest BCUT2D eigenvalue weighted by atomic mass is 32.2. The van der Waals surface area contributed by atoms with Crippen LogP contribution in [0, 0.1) is 0 Å². The van der Waals surface area contributed by atoms with Crippen LogP contribution in [0.15, 0.2) is 11.3 Å². The fourth-order valence-corrected chi connectivity index (χ4v) is 2.54. The second kappa shape index (κ2) is 2.17. The molecule has 2 rings (SSSR count). The molecule has 1 fully saturated rings. The molecule has 0 saturated carbocycles. The number of allylic oxidation sites excluding steroid dienone is 1. The molecule has 0 amide bonds. The zero-order valence-corrected chi connectivity index (χ0v) is 7.16. The van der Waals surface area contributed by atoms with Crippen molar-refractivity contribution < 1.29 is 0 Å². The van der Waals surface area contributed by atoms with Gasteiger partial charge in [-0.1, -0.05) is 5.57 Å². The average Bonchev–Trinajstić information content (AvgIpc) is 2.41. The molecule has 0 aromatic heterocycles. The SMILES string of the molecule is CC1=C(C)N2SNCC2C1. The summed E-state index contributed by atoms with van der Waals surface area (Å²) in [5.74, 6) is 0. The van der Waals surface area contributed by atoms with Crippen LogP contribution in [0.25, 0.3) is 0 Å². The smallest absolute Gasteiger partial charge is 0.0587 e. The molecule has 1 atom stereocenters. The monoisotopic (exact) mass is 156 g/mol. The third-order valence-electron chi connectivity index (χ3n) is 2.30. The summed E-state index contributed by atoms with van der Waals surface area (Å²) in [6.45, 7) is 5.57. The summed E-state index contributed by atoms with van der Waals surface area (Å²) in [6, 6.07) is 0.741. The third-order valence-corrected chi connectivity index (χ3v) is 3.37. The number of nitrogens with one attached hydrogen (secondary N) is 1. The first-order valence-electron chi connectivity index (χ1n) is 3.64. The number of nitrogens with zero attached hydrogens (tertiary/aromatic N) is 1. The van der Waals surface area contributed by atoms with E-state index < -0.39 is 0 Å².